The smallest absolute Gasteiger partial charge is 0.329 e. The lowest BCUT2D eigenvalue weighted by molar-refractivity contribution is -0.150. The number of hydrogen-bond donors (Lipinski definition) is 0. The Labute approximate surface area is 195 Å². The molecule has 1 aliphatic rings. The minimum atomic E-state index is -1.02. The maximum absolute atomic E-state index is 13.9. The molecule has 2 aromatic carbocycles. The maximum atomic E-state index is 13.9. The molecule has 1 atom stereocenters. The van der Waals surface area contributed by atoms with Crippen LogP contribution < -0.4 is 9.47 Å². The van der Waals surface area contributed by atoms with E-state index in [2.05, 4.69) is 0 Å². The molecule has 1 saturated heterocycles. The fraction of sp³-hybridized carbons (Fsp3) is 0.292. The van der Waals surface area contributed by atoms with Gasteiger partial charge in [0.25, 0.3) is 11.1 Å². The van der Waals surface area contributed by atoms with Gasteiger partial charge in [0.2, 0.25) is 0 Å². The molecular formula is C24H24FNO6S. The highest BCUT2D eigenvalue weighted by molar-refractivity contribution is 8.18. The predicted molar refractivity (Wildman–Crippen MR) is 122 cm³/mol. The summed E-state index contributed by atoms with van der Waals surface area (Å²) in [6.45, 7) is 5.46. The van der Waals surface area contributed by atoms with Gasteiger partial charge >= 0.3 is 5.97 Å². The highest BCUT2D eigenvalue weighted by atomic mass is 32.2. The molecule has 2 amide bonds. The molecule has 174 valence electrons. The molecule has 0 radical (unpaired) electrons. The number of imide groups is 1. The van der Waals surface area contributed by atoms with E-state index < -0.39 is 23.2 Å². The number of hydrogen-bond acceptors (Lipinski definition) is 7. The highest BCUT2D eigenvalue weighted by Gasteiger charge is 2.41. The molecule has 1 heterocycles. The van der Waals surface area contributed by atoms with Crippen LogP contribution in [0.2, 0.25) is 0 Å². The van der Waals surface area contributed by atoms with E-state index in [4.69, 9.17) is 14.2 Å². The number of rotatable bonds is 9. The number of nitrogens with zero attached hydrogens (tertiary/aromatic N) is 1. The standard InChI is InChI=1S/C24H24FNO6S/c1-4-30-20-12-16(10-11-19(20)32-14-17-8-6-7-9-18(17)25)13-21-22(27)26(24(29)33-21)15(3)23(28)31-5-2/h6-13,15H,4-5,14H2,1-3H3/b21-13-/t15-/m0/s1. The van der Waals surface area contributed by atoms with Gasteiger partial charge in [-0.3, -0.25) is 14.5 Å². The SMILES string of the molecule is CCOC(=O)[C@H](C)N1C(=O)S/C(=C\c2ccc(OCc3ccccc3F)c(OCC)c2)C1=O. The summed E-state index contributed by atoms with van der Waals surface area (Å²) >= 11 is 0.750. The maximum Gasteiger partial charge on any atom is 0.329 e. The van der Waals surface area contributed by atoms with Crippen LogP contribution in [0, 0.1) is 5.82 Å². The summed E-state index contributed by atoms with van der Waals surface area (Å²) in [5.41, 5.74) is 1.01. The third kappa shape index (κ3) is 5.73. The first-order chi connectivity index (χ1) is 15.8. The van der Waals surface area contributed by atoms with E-state index in [-0.39, 0.29) is 23.9 Å². The van der Waals surface area contributed by atoms with Crippen molar-refractivity contribution >= 4 is 35.0 Å². The van der Waals surface area contributed by atoms with Crippen LogP contribution >= 0.6 is 11.8 Å². The van der Waals surface area contributed by atoms with Crippen molar-refractivity contribution in [2.75, 3.05) is 13.2 Å². The summed E-state index contributed by atoms with van der Waals surface area (Å²) in [4.78, 5) is 38.2. The van der Waals surface area contributed by atoms with Crippen molar-refractivity contribution in [3.05, 3.63) is 64.3 Å². The Balaban J connectivity index is 1.80. The Hall–Kier alpha value is -3.33. The molecule has 7 nitrogen and oxygen atoms in total. The van der Waals surface area contributed by atoms with Gasteiger partial charge in [-0.25, -0.2) is 9.18 Å². The number of thioether (sulfide) groups is 1. The van der Waals surface area contributed by atoms with Gasteiger partial charge in [0.1, 0.15) is 18.5 Å². The second-order valence-electron chi connectivity index (χ2n) is 7.00. The summed E-state index contributed by atoms with van der Waals surface area (Å²) < 4.78 is 30.2. The molecule has 0 aliphatic carbocycles. The quantitative estimate of drug-likeness (QED) is 0.382. The van der Waals surface area contributed by atoms with E-state index in [1.165, 1.54) is 13.0 Å². The van der Waals surface area contributed by atoms with Crippen LogP contribution in [0.3, 0.4) is 0 Å². The van der Waals surface area contributed by atoms with E-state index in [0.29, 0.717) is 29.2 Å². The van der Waals surface area contributed by atoms with Gasteiger partial charge in [-0.15, -0.1) is 0 Å². The zero-order chi connectivity index (χ0) is 24.0. The minimum Gasteiger partial charge on any atom is -0.490 e. The molecule has 2 aromatic rings. The number of amides is 2. The number of benzene rings is 2. The van der Waals surface area contributed by atoms with Gasteiger partial charge in [-0.2, -0.15) is 0 Å². The lowest BCUT2D eigenvalue weighted by Crippen LogP contribution is -2.42. The Bertz CT molecular complexity index is 1090. The first-order valence-electron chi connectivity index (χ1n) is 10.4. The van der Waals surface area contributed by atoms with Gasteiger partial charge in [-0.05, 0) is 62.4 Å². The predicted octanol–water partition coefficient (Wildman–Crippen LogP) is 4.79. The van der Waals surface area contributed by atoms with E-state index >= 15 is 0 Å². The van der Waals surface area contributed by atoms with Crippen molar-refractivity contribution in [2.24, 2.45) is 0 Å². The Morgan fingerprint density at radius 3 is 2.55 bits per heavy atom. The molecule has 0 saturated carbocycles. The second kappa shape index (κ2) is 11.0. The average Bonchev–Trinajstić information content (AvgIpc) is 3.06. The number of halogens is 1. The highest BCUT2D eigenvalue weighted by Crippen LogP contribution is 2.36. The third-order valence-corrected chi connectivity index (χ3v) is 5.63. The van der Waals surface area contributed by atoms with Gasteiger partial charge in [0.05, 0.1) is 18.1 Å². The van der Waals surface area contributed by atoms with Crippen LogP contribution in [0.5, 0.6) is 11.5 Å². The molecule has 1 fully saturated rings. The summed E-state index contributed by atoms with van der Waals surface area (Å²) in [5, 5.41) is -0.540. The summed E-state index contributed by atoms with van der Waals surface area (Å²) in [6.07, 6.45) is 1.55. The zero-order valence-corrected chi connectivity index (χ0v) is 19.3. The fourth-order valence-corrected chi connectivity index (χ4v) is 4.01. The topological polar surface area (TPSA) is 82.1 Å². The number of carbonyl (C=O) groups excluding carboxylic acids is 3. The fourth-order valence-electron chi connectivity index (χ4n) is 3.11. The number of carbonyl (C=O) groups is 3. The molecule has 0 aromatic heterocycles. The Morgan fingerprint density at radius 2 is 1.85 bits per heavy atom. The van der Waals surface area contributed by atoms with E-state index in [9.17, 15) is 18.8 Å². The van der Waals surface area contributed by atoms with Crippen molar-refractivity contribution in [3.8, 4) is 11.5 Å². The van der Waals surface area contributed by atoms with Crippen LogP contribution in [-0.4, -0.2) is 41.3 Å². The number of esters is 1. The molecule has 3 rings (SSSR count). The van der Waals surface area contributed by atoms with Crippen molar-refractivity contribution in [2.45, 2.75) is 33.4 Å². The van der Waals surface area contributed by atoms with E-state index in [1.54, 1.807) is 49.4 Å². The molecule has 33 heavy (non-hydrogen) atoms. The van der Waals surface area contributed by atoms with Crippen LogP contribution in [0.4, 0.5) is 9.18 Å². The monoisotopic (exact) mass is 473 g/mol. The van der Waals surface area contributed by atoms with Gasteiger partial charge in [0.15, 0.2) is 11.5 Å². The summed E-state index contributed by atoms with van der Waals surface area (Å²) in [6, 6.07) is 10.3. The minimum absolute atomic E-state index is 0.0245. The summed E-state index contributed by atoms with van der Waals surface area (Å²) in [5.74, 6) is -0.734. The van der Waals surface area contributed by atoms with Crippen molar-refractivity contribution in [1.82, 2.24) is 4.90 Å². The second-order valence-corrected chi connectivity index (χ2v) is 7.99. The van der Waals surface area contributed by atoms with Crippen LogP contribution in [0.15, 0.2) is 47.4 Å². The molecule has 0 N–H and O–H groups in total. The van der Waals surface area contributed by atoms with Gasteiger partial charge in [-0.1, -0.05) is 24.3 Å². The Morgan fingerprint density at radius 1 is 1.09 bits per heavy atom. The molecule has 0 unspecified atom stereocenters. The normalized spacial score (nSPS) is 15.6. The van der Waals surface area contributed by atoms with Gasteiger partial charge in [0, 0.05) is 5.56 Å². The zero-order valence-electron chi connectivity index (χ0n) is 18.5. The van der Waals surface area contributed by atoms with Crippen LogP contribution in [0.25, 0.3) is 6.08 Å². The first kappa shape index (κ1) is 24.3. The van der Waals surface area contributed by atoms with E-state index in [1.807, 2.05) is 6.92 Å². The molecular weight excluding hydrogens is 449 g/mol. The average molecular weight is 474 g/mol. The number of ether oxygens (including phenoxy) is 3. The molecule has 0 bridgehead atoms. The van der Waals surface area contributed by atoms with Crippen LogP contribution in [-0.2, 0) is 20.9 Å². The van der Waals surface area contributed by atoms with E-state index in [0.717, 1.165) is 16.7 Å². The molecule has 9 heteroatoms. The van der Waals surface area contributed by atoms with Gasteiger partial charge < -0.3 is 14.2 Å². The first-order valence-corrected chi connectivity index (χ1v) is 11.2. The lowest BCUT2D eigenvalue weighted by Gasteiger charge is -2.19. The Kier molecular flexibility index (Phi) is 8.11. The van der Waals surface area contributed by atoms with Crippen LogP contribution in [0.1, 0.15) is 31.9 Å². The van der Waals surface area contributed by atoms with Crippen molar-refractivity contribution in [1.29, 1.82) is 0 Å². The molecule has 0 spiro atoms. The largest absolute Gasteiger partial charge is 0.490 e. The van der Waals surface area contributed by atoms with Crippen molar-refractivity contribution in [3.63, 3.8) is 0 Å². The molecule has 1 aliphatic heterocycles. The third-order valence-electron chi connectivity index (χ3n) is 4.74. The summed E-state index contributed by atoms with van der Waals surface area (Å²) in [7, 11) is 0. The van der Waals surface area contributed by atoms with Crippen molar-refractivity contribution < 1.29 is 33.0 Å². The lowest BCUT2D eigenvalue weighted by atomic mass is 10.1.